The largest absolute Gasteiger partial charge is 0.466 e. The van der Waals surface area contributed by atoms with Gasteiger partial charge in [-0.15, -0.1) is 0 Å². The third-order valence-corrected chi connectivity index (χ3v) is 19.3. The van der Waals surface area contributed by atoms with Crippen LogP contribution in [0.15, 0.2) is 42.5 Å². The molecule has 1 aromatic rings. The summed E-state index contributed by atoms with van der Waals surface area (Å²) >= 11 is 0. The summed E-state index contributed by atoms with van der Waals surface area (Å²) in [4.78, 5) is 38.3. The Balaban J connectivity index is 3.12. The molecule has 0 N–H and O–H groups in total. The third-order valence-electron chi connectivity index (χ3n) is 9.90. The van der Waals surface area contributed by atoms with Gasteiger partial charge in [-0.05, 0) is 73.9 Å². The lowest BCUT2D eigenvalue weighted by Gasteiger charge is -2.41. The SMILES string of the molecule is CC[Si](CC)(CC)O[C@H](CCOCc1ccccc1)CC[C@@](C)(O[Si](CC)(CC)CC)C(=O)CCC(=O)C[C@@H](C)/C=C/C(=O)OC. The Bertz CT molecular complexity index is 1040. The number of ether oxygens (including phenoxy) is 2. The molecule has 46 heavy (non-hydrogen) atoms. The normalized spacial score (nSPS) is 15.0. The minimum absolute atomic E-state index is 0.00379. The minimum atomic E-state index is -2.15. The predicted octanol–water partition coefficient (Wildman–Crippen LogP) is 9.22. The molecule has 7 nitrogen and oxygen atoms in total. The Labute approximate surface area is 282 Å². The predicted molar refractivity (Wildman–Crippen MR) is 193 cm³/mol. The van der Waals surface area contributed by atoms with Gasteiger partial charge < -0.3 is 18.3 Å². The summed E-state index contributed by atoms with van der Waals surface area (Å²) < 4.78 is 24.8. The van der Waals surface area contributed by atoms with Crippen molar-refractivity contribution in [2.75, 3.05) is 13.7 Å². The monoisotopic (exact) mass is 676 g/mol. The Kier molecular flexibility index (Phi) is 20.0. The van der Waals surface area contributed by atoms with Crippen molar-refractivity contribution < 1.29 is 32.7 Å². The summed E-state index contributed by atoms with van der Waals surface area (Å²) in [5, 5.41) is 0. The molecule has 0 aromatic heterocycles. The highest BCUT2D eigenvalue weighted by molar-refractivity contribution is 6.74. The molecule has 0 aliphatic rings. The molecular weight excluding hydrogens is 613 g/mol. The molecule has 262 valence electrons. The van der Waals surface area contributed by atoms with Crippen molar-refractivity contribution in [3.8, 4) is 0 Å². The van der Waals surface area contributed by atoms with Gasteiger partial charge >= 0.3 is 5.97 Å². The molecule has 0 amide bonds. The minimum Gasteiger partial charge on any atom is -0.466 e. The van der Waals surface area contributed by atoms with Crippen molar-refractivity contribution in [1.29, 1.82) is 0 Å². The Morgan fingerprint density at radius 1 is 0.848 bits per heavy atom. The van der Waals surface area contributed by atoms with Gasteiger partial charge in [0.15, 0.2) is 22.4 Å². The second-order valence-corrected chi connectivity index (χ2v) is 22.4. The van der Waals surface area contributed by atoms with Crippen molar-refractivity contribution in [2.24, 2.45) is 5.92 Å². The lowest BCUT2D eigenvalue weighted by atomic mass is 9.89. The Hall–Kier alpha value is -1.92. The molecule has 0 spiro atoms. The van der Waals surface area contributed by atoms with Crippen LogP contribution in [0, 0.1) is 5.92 Å². The maximum Gasteiger partial charge on any atom is 0.330 e. The average Bonchev–Trinajstić information content (AvgIpc) is 3.08. The van der Waals surface area contributed by atoms with Gasteiger partial charge in [0.2, 0.25) is 0 Å². The van der Waals surface area contributed by atoms with Crippen molar-refractivity contribution in [1.82, 2.24) is 0 Å². The van der Waals surface area contributed by atoms with Crippen LogP contribution >= 0.6 is 0 Å². The van der Waals surface area contributed by atoms with E-state index in [1.807, 2.05) is 32.0 Å². The Morgan fingerprint density at radius 3 is 1.98 bits per heavy atom. The van der Waals surface area contributed by atoms with Crippen LogP contribution in [-0.4, -0.2) is 59.6 Å². The van der Waals surface area contributed by atoms with E-state index in [-0.39, 0.29) is 42.9 Å². The number of rotatable bonds is 26. The summed E-state index contributed by atoms with van der Waals surface area (Å²) in [6.07, 6.45) is 5.60. The lowest BCUT2D eigenvalue weighted by Crippen LogP contribution is -2.51. The topological polar surface area (TPSA) is 88.1 Å². The second-order valence-electron chi connectivity index (χ2n) is 13.0. The van der Waals surface area contributed by atoms with Gasteiger partial charge in [-0.2, -0.15) is 0 Å². The number of hydrogen-bond donors (Lipinski definition) is 0. The number of methoxy groups -OCH3 is 1. The van der Waals surface area contributed by atoms with Gasteiger partial charge in [0.25, 0.3) is 0 Å². The molecule has 9 heteroatoms. The maximum absolute atomic E-state index is 14.0. The van der Waals surface area contributed by atoms with Crippen LogP contribution < -0.4 is 0 Å². The fourth-order valence-electron chi connectivity index (χ4n) is 6.08. The van der Waals surface area contributed by atoms with Gasteiger partial charge in [-0.25, -0.2) is 4.79 Å². The van der Waals surface area contributed by atoms with Crippen LogP contribution in [0.25, 0.3) is 0 Å². The standard InChI is InChI=1S/C37H64O7Si2/c1-10-45(11-2,12-3)43-34(26-28-42-30-32-19-17-16-18-20-32)25-27-37(8,44-46(13-4,14-5)15-6)35(39)23-22-33(38)29-31(7)21-24-36(40)41-9/h16-21,24,31,34H,10-15,22-23,25-30H2,1-9H3/b24-21+/t31-,34-,37+/m0/s1. The first-order chi connectivity index (χ1) is 21.9. The van der Waals surface area contributed by atoms with E-state index in [1.165, 1.54) is 13.2 Å². The van der Waals surface area contributed by atoms with Gasteiger partial charge in [-0.3, -0.25) is 9.59 Å². The molecular formula is C37H64O7Si2. The van der Waals surface area contributed by atoms with Crippen LogP contribution in [0.4, 0.5) is 0 Å². The molecule has 0 bridgehead atoms. The van der Waals surface area contributed by atoms with Gasteiger partial charge in [-0.1, -0.05) is 84.9 Å². The van der Waals surface area contributed by atoms with Crippen molar-refractivity contribution >= 4 is 34.2 Å². The number of carbonyl (C=O) groups is 3. The number of esters is 1. The second kappa shape index (κ2) is 21.9. The van der Waals surface area contributed by atoms with Gasteiger partial charge in [0, 0.05) is 38.0 Å². The van der Waals surface area contributed by atoms with E-state index in [0.29, 0.717) is 26.1 Å². The van der Waals surface area contributed by atoms with Crippen molar-refractivity contribution in [3.05, 3.63) is 48.0 Å². The summed E-state index contributed by atoms with van der Waals surface area (Å²) in [7, 11) is -2.73. The Morgan fingerprint density at radius 2 is 1.43 bits per heavy atom. The van der Waals surface area contributed by atoms with E-state index in [1.54, 1.807) is 6.08 Å². The van der Waals surface area contributed by atoms with Gasteiger partial charge in [0.05, 0.1) is 13.7 Å². The van der Waals surface area contributed by atoms with E-state index < -0.39 is 28.2 Å². The molecule has 0 unspecified atom stereocenters. The first-order valence-electron chi connectivity index (χ1n) is 17.7. The number of benzene rings is 1. The highest BCUT2D eigenvalue weighted by Gasteiger charge is 2.43. The molecule has 1 rings (SSSR count). The average molecular weight is 677 g/mol. The summed E-state index contributed by atoms with van der Waals surface area (Å²) in [6.45, 7) is 18.2. The first-order valence-corrected chi connectivity index (χ1v) is 22.8. The van der Waals surface area contributed by atoms with Gasteiger partial charge in [0.1, 0.15) is 11.4 Å². The van der Waals surface area contributed by atoms with Crippen LogP contribution in [0.1, 0.15) is 99.5 Å². The van der Waals surface area contributed by atoms with E-state index >= 15 is 0 Å². The van der Waals surface area contributed by atoms with Crippen molar-refractivity contribution in [2.45, 2.75) is 148 Å². The summed E-state index contributed by atoms with van der Waals surface area (Å²) in [5.74, 6) is -0.564. The highest BCUT2D eigenvalue weighted by atomic mass is 28.4. The molecule has 0 aliphatic heterocycles. The number of hydrogen-bond acceptors (Lipinski definition) is 7. The molecule has 3 atom stereocenters. The van der Waals surface area contributed by atoms with Crippen LogP contribution in [0.3, 0.4) is 0 Å². The third kappa shape index (κ3) is 14.5. The first kappa shape index (κ1) is 42.1. The number of carbonyl (C=O) groups excluding carboxylic acids is 3. The summed E-state index contributed by atoms with van der Waals surface area (Å²) in [5.41, 5.74) is 0.168. The summed E-state index contributed by atoms with van der Waals surface area (Å²) in [6, 6.07) is 16.2. The molecule has 0 saturated heterocycles. The zero-order chi connectivity index (χ0) is 34.6. The lowest BCUT2D eigenvalue weighted by molar-refractivity contribution is -0.136. The van der Waals surface area contributed by atoms with Crippen LogP contribution in [0.2, 0.25) is 36.3 Å². The molecule has 0 radical (unpaired) electrons. The fraction of sp³-hybridized carbons (Fsp3) is 0.703. The number of Topliss-reactive ketones (excluding diaryl/α,β-unsaturated/α-hetero) is 2. The highest BCUT2D eigenvalue weighted by Crippen LogP contribution is 2.34. The molecule has 0 saturated carbocycles. The zero-order valence-electron chi connectivity index (χ0n) is 30.5. The molecule has 0 heterocycles. The number of allylic oxidation sites excluding steroid dienone is 1. The quantitative estimate of drug-likeness (QED) is 0.0418. The van der Waals surface area contributed by atoms with E-state index in [4.69, 9.17) is 13.6 Å². The molecule has 0 fully saturated rings. The smallest absolute Gasteiger partial charge is 0.330 e. The van der Waals surface area contributed by atoms with E-state index in [9.17, 15) is 14.4 Å². The van der Waals surface area contributed by atoms with Crippen LogP contribution in [0.5, 0.6) is 0 Å². The zero-order valence-corrected chi connectivity index (χ0v) is 32.5. The maximum atomic E-state index is 14.0. The van der Waals surface area contributed by atoms with E-state index in [2.05, 4.69) is 58.4 Å². The molecule has 1 aromatic carbocycles. The van der Waals surface area contributed by atoms with E-state index in [0.717, 1.165) is 48.2 Å². The van der Waals surface area contributed by atoms with Crippen molar-refractivity contribution in [3.63, 3.8) is 0 Å². The van der Waals surface area contributed by atoms with Crippen LogP contribution in [-0.2, 0) is 39.3 Å². The number of ketones is 2. The molecule has 0 aliphatic carbocycles. The fourth-order valence-corrected chi connectivity index (χ4v) is 12.1.